The Balaban J connectivity index is 2.69. The summed E-state index contributed by atoms with van der Waals surface area (Å²) in [7, 11) is 3.15. The van der Waals surface area contributed by atoms with Crippen molar-refractivity contribution in [2.24, 2.45) is 5.92 Å². The van der Waals surface area contributed by atoms with Crippen LogP contribution in [0.15, 0.2) is 18.2 Å². The highest BCUT2D eigenvalue weighted by Gasteiger charge is 2.16. The van der Waals surface area contributed by atoms with E-state index in [1.807, 2.05) is 25.1 Å². The van der Waals surface area contributed by atoms with Crippen molar-refractivity contribution in [1.29, 1.82) is 0 Å². The van der Waals surface area contributed by atoms with Crippen LogP contribution in [-0.2, 0) is 4.79 Å². The maximum Gasteiger partial charge on any atom is 0.317 e. The minimum atomic E-state index is -0.935. The van der Waals surface area contributed by atoms with Crippen LogP contribution in [0.25, 0.3) is 0 Å². The smallest absolute Gasteiger partial charge is 0.317 e. The monoisotopic (exact) mass is 366 g/mol. The molecule has 0 aliphatic carbocycles. The predicted molar refractivity (Wildman–Crippen MR) is 99.8 cm³/mol. The first-order chi connectivity index (χ1) is 12.2. The molecule has 2 N–H and O–H groups in total. The molecule has 26 heavy (non-hydrogen) atoms. The van der Waals surface area contributed by atoms with Crippen LogP contribution in [-0.4, -0.2) is 49.3 Å². The van der Waals surface area contributed by atoms with E-state index in [0.717, 1.165) is 12.0 Å². The molecule has 0 fully saturated rings. The van der Waals surface area contributed by atoms with Crippen molar-refractivity contribution in [1.82, 2.24) is 10.2 Å². The van der Waals surface area contributed by atoms with Crippen molar-refractivity contribution in [3.05, 3.63) is 23.8 Å². The summed E-state index contributed by atoms with van der Waals surface area (Å²) in [6, 6.07) is 4.98. The van der Waals surface area contributed by atoms with Gasteiger partial charge in [-0.15, -0.1) is 0 Å². The molecule has 0 aliphatic rings. The molecule has 0 heterocycles. The van der Waals surface area contributed by atoms with Crippen LogP contribution in [0.1, 0.15) is 45.2 Å². The van der Waals surface area contributed by atoms with Crippen molar-refractivity contribution in [2.45, 2.75) is 39.7 Å². The first-order valence-corrected chi connectivity index (χ1v) is 8.78. The zero-order valence-electron chi connectivity index (χ0n) is 16.2. The molecular formula is C19H30N2O5. The number of amides is 2. The van der Waals surface area contributed by atoms with E-state index in [4.69, 9.17) is 14.6 Å². The molecule has 1 aromatic rings. The van der Waals surface area contributed by atoms with Crippen molar-refractivity contribution in [3.8, 4) is 11.5 Å². The number of nitrogens with one attached hydrogen (secondary N) is 1. The standard InChI is InChI=1S/C19H30N2O5/c1-13(2)9-11-26-16-7-6-15(12-17(16)25-5)14(3)20-19(24)21(4)10-8-18(22)23/h6-7,12-14H,8-11H2,1-5H3,(H,20,24)(H,22,23). The first kappa shape index (κ1) is 21.6. The maximum atomic E-state index is 12.1. The van der Waals surface area contributed by atoms with Gasteiger partial charge in [-0.2, -0.15) is 0 Å². The molecule has 1 unspecified atom stereocenters. The van der Waals surface area contributed by atoms with Gasteiger partial charge in [-0.05, 0) is 37.0 Å². The van der Waals surface area contributed by atoms with E-state index in [1.165, 1.54) is 4.90 Å². The molecule has 1 aromatic carbocycles. The van der Waals surface area contributed by atoms with Gasteiger partial charge in [0.25, 0.3) is 0 Å². The molecule has 146 valence electrons. The molecule has 0 bridgehead atoms. The fourth-order valence-electron chi connectivity index (χ4n) is 2.22. The first-order valence-electron chi connectivity index (χ1n) is 8.78. The Morgan fingerprint density at radius 3 is 2.50 bits per heavy atom. The average molecular weight is 366 g/mol. The Bertz CT molecular complexity index is 604. The van der Waals surface area contributed by atoms with Crippen molar-refractivity contribution in [2.75, 3.05) is 27.3 Å². The van der Waals surface area contributed by atoms with Gasteiger partial charge in [-0.25, -0.2) is 4.79 Å². The number of rotatable bonds is 10. The van der Waals surface area contributed by atoms with Gasteiger partial charge in [0.2, 0.25) is 0 Å². The molecule has 2 amide bonds. The molecule has 7 heteroatoms. The van der Waals surface area contributed by atoms with Gasteiger partial charge < -0.3 is 24.8 Å². The number of carbonyl (C=O) groups is 2. The Kier molecular flexibility index (Phi) is 8.75. The lowest BCUT2D eigenvalue weighted by Crippen LogP contribution is -2.39. The minimum absolute atomic E-state index is 0.0888. The van der Waals surface area contributed by atoms with E-state index < -0.39 is 5.97 Å². The summed E-state index contributed by atoms with van der Waals surface area (Å²) in [5.41, 5.74) is 0.873. The summed E-state index contributed by atoms with van der Waals surface area (Å²) in [4.78, 5) is 24.1. The number of methoxy groups -OCH3 is 1. The van der Waals surface area contributed by atoms with E-state index in [0.29, 0.717) is 24.0 Å². The van der Waals surface area contributed by atoms with Crippen molar-refractivity contribution < 1.29 is 24.2 Å². The molecule has 1 atom stereocenters. The number of carboxylic acids is 1. The van der Waals surface area contributed by atoms with Crippen LogP contribution in [0.5, 0.6) is 11.5 Å². The van der Waals surface area contributed by atoms with Gasteiger partial charge in [0.15, 0.2) is 11.5 Å². The van der Waals surface area contributed by atoms with Crippen molar-refractivity contribution >= 4 is 12.0 Å². The number of ether oxygens (including phenoxy) is 2. The molecule has 7 nitrogen and oxygen atoms in total. The number of hydrogen-bond donors (Lipinski definition) is 2. The Hall–Kier alpha value is -2.44. The van der Waals surface area contributed by atoms with Crippen LogP contribution in [0.3, 0.4) is 0 Å². The predicted octanol–water partition coefficient (Wildman–Crippen LogP) is 3.30. The Morgan fingerprint density at radius 1 is 1.23 bits per heavy atom. The molecule has 0 aliphatic heterocycles. The van der Waals surface area contributed by atoms with Crippen LogP contribution in [0.2, 0.25) is 0 Å². The number of benzene rings is 1. The highest BCUT2D eigenvalue weighted by atomic mass is 16.5. The number of urea groups is 1. The normalized spacial score (nSPS) is 11.8. The number of nitrogens with zero attached hydrogens (tertiary/aromatic N) is 1. The largest absolute Gasteiger partial charge is 0.493 e. The maximum absolute atomic E-state index is 12.1. The van der Waals surface area contributed by atoms with Gasteiger partial charge in [0.05, 0.1) is 26.2 Å². The average Bonchev–Trinajstić information content (AvgIpc) is 2.59. The SMILES string of the molecule is COc1cc(C(C)NC(=O)N(C)CCC(=O)O)ccc1OCCC(C)C. The lowest BCUT2D eigenvalue weighted by atomic mass is 10.1. The lowest BCUT2D eigenvalue weighted by molar-refractivity contribution is -0.137. The fourth-order valence-corrected chi connectivity index (χ4v) is 2.22. The molecular weight excluding hydrogens is 336 g/mol. The number of carbonyl (C=O) groups excluding carboxylic acids is 1. The van der Waals surface area contributed by atoms with Gasteiger partial charge in [-0.3, -0.25) is 4.79 Å². The summed E-state index contributed by atoms with van der Waals surface area (Å²) < 4.78 is 11.2. The molecule has 0 aromatic heterocycles. The van der Waals surface area contributed by atoms with E-state index >= 15 is 0 Å². The van der Waals surface area contributed by atoms with E-state index in [1.54, 1.807) is 14.2 Å². The second-order valence-electron chi connectivity index (χ2n) is 6.68. The zero-order chi connectivity index (χ0) is 19.7. The highest BCUT2D eigenvalue weighted by molar-refractivity contribution is 5.75. The zero-order valence-corrected chi connectivity index (χ0v) is 16.2. The Labute approximate surface area is 155 Å². The van der Waals surface area contributed by atoms with E-state index in [2.05, 4.69) is 19.2 Å². The third-order valence-corrected chi connectivity index (χ3v) is 3.99. The number of carboxylic acid groups (broad SMARTS) is 1. The fraction of sp³-hybridized carbons (Fsp3) is 0.579. The number of aliphatic carboxylic acids is 1. The van der Waals surface area contributed by atoms with Gasteiger partial charge >= 0.3 is 12.0 Å². The summed E-state index contributed by atoms with van der Waals surface area (Å²) in [6.07, 6.45) is 0.870. The highest BCUT2D eigenvalue weighted by Crippen LogP contribution is 2.30. The van der Waals surface area contributed by atoms with Gasteiger partial charge in [0.1, 0.15) is 0 Å². The summed E-state index contributed by atoms with van der Waals surface area (Å²) in [5.74, 6) is 0.921. The van der Waals surface area contributed by atoms with Crippen LogP contribution in [0.4, 0.5) is 4.79 Å². The number of hydrogen-bond acceptors (Lipinski definition) is 4. The Morgan fingerprint density at radius 2 is 1.92 bits per heavy atom. The summed E-state index contributed by atoms with van der Waals surface area (Å²) in [6.45, 7) is 6.91. The van der Waals surface area contributed by atoms with Gasteiger partial charge in [0, 0.05) is 13.6 Å². The van der Waals surface area contributed by atoms with Crippen LogP contribution < -0.4 is 14.8 Å². The summed E-state index contributed by atoms with van der Waals surface area (Å²) in [5, 5.41) is 11.5. The molecule has 0 radical (unpaired) electrons. The molecule has 0 saturated heterocycles. The third-order valence-electron chi connectivity index (χ3n) is 3.99. The third kappa shape index (κ3) is 7.21. The lowest BCUT2D eigenvalue weighted by Gasteiger charge is -2.22. The minimum Gasteiger partial charge on any atom is -0.493 e. The summed E-state index contributed by atoms with van der Waals surface area (Å²) >= 11 is 0. The van der Waals surface area contributed by atoms with Crippen molar-refractivity contribution in [3.63, 3.8) is 0 Å². The van der Waals surface area contributed by atoms with Crippen LogP contribution >= 0.6 is 0 Å². The molecule has 0 saturated carbocycles. The van der Waals surface area contributed by atoms with Gasteiger partial charge in [-0.1, -0.05) is 19.9 Å². The van der Waals surface area contributed by atoms with E-state index in [9.17, 15) is 9.59 Å². The quantitative estimate of drug-likeness (QED) is 0.663. The van der Waals surface area contributed by atoms with E-state index in [-0.39, 0.29) is 25.0 Å². The second kappa shape index (κ2) is 10.5. The molecule has 0 spiro atoms. The molecule has 1 rings (SSSR count). The topological polar surface area (TPSA) is 88.1 Å². The second-order valence-corrected chi connectivity index (χ2v) is 6.68. The van der Waals surface area contributed by atoms with Crippen LogP contribution in [0, 0.1) is 5.92 Å².